The topological polar surface area (TPSA) is 62.2 Å². The maximum atomic E-state index is 11.0. The molecular formula is C12H11ClN2O2S. The number of hydrogen-bond acceptors (Lipinski definition) is 4. The van der Waals surface area contributed by atoms with Gasteiger partial charge in [0.1, 0.15) is 5.56 Å². The predicted molar refractivity (Wildman–Crippen MR) is 72.6 cm³/mol. The summed E-state index contributed by atoms with van der Waals surface area (Å²) in [5, 5.41) is 12.2. The average Bonchev–Trinajstić information content (AvgIpc) is 2.76. The first-order valence-electron chi connectivity index (χ1n) is 5.27. The van der Waals surface area contributed by atoms with E-state index in [0.717, 1.165) is 4.88 Å². The highest BCUT2D eigenvalue weighted by Gasteiger charge is 2.13. The van der Waals surface area contributed by atoms with Crippen molar-refractivity contribution in [3.8, 4) is 0 Å². The quantitative estimate of drug-likeness (QED) is 0.898. The lowest BCUT2D eigenvalue weighted by Gasteiger charge is -2.15. The normalized spacial score (nSPS) is 12.1. The van der Waals surface area contributed by atoms with Crippen molar-refractivity contribution in [2.24, 2.45) is 0 Å². The van der Waals surface area contributed by atoms with Gasteiger partial charge in [-0.2, -0.15) is 0 Å². The largest absolute Gasteiger partial charge is 0.478 e. The van der Waals surface area contributed by atoms with Gasteiger partial charge in [-0.05, 0) is 25.1 Å². The van der Waals surface area contributed by atoms with E-state index in [4.69, 9.17) is 16.7 Å². The molecule has 6 heteroatoms. The average molecular weight is 283 g/mol. The Morgan fingerprint density at radius 3 is 2.89 bits per heavy atom. The number of nitrogens with zero attached hydrogens (tertiary/aromatic N) is 1. The summed E-state index contributed by atoms with van der Waals surface area (Å²) >= 11 is 7.35. The summed E-state index contributed by atoms with van der Waals surface area (Å²) in [7, 11) is 0. The zero-order chi connectivity index (χ0) is 13.1. The van der Waals surface area contributed by atoms with Gasteiger partial charge in [-0.3, -0.25) is 4.98 Å². The molecule has 2 rings (SSSR count). The van der Waals surface area contributed by atoms with E-state index in [0.29, 0.717) is 10.0 Å². The molecule has 1 atom stereocenters. The molecule has 0 aliphatic rings. The lowest BCUT2D eigenvalue weighted by molar-refractivity contribution is 0.0697. The van der Waals surface area contributed by atoms with Gasteiger partial charge in [0.05, 0.1) is 16.1 Å². The van der Waals surface area contributed by atoms with E-state index in [2.05, 4.69) is 10.3 Å². The Hall–Kier alpha value is -1.59. The molecule has 2 heterocycles. The molecule has 1 unspecified atom stereocenters. The highest BCUT2D eigenvalue weighted by molar-refractivity contribution is 7.16. The monoisotopic (exact) mass is 282 g/mol. The first-order chi connectivity index (χ1) is 8.58. The van der Waals surface area contributed by atoms with Crippen molar-refractivity contribution in [1.82, 2.24) is 4.98 Å². The van der Waals surface area contributed by atoms with Crippen molar-refractivity contribution in [3.05, 3.63) is 45.4 Å². The number of aromatic carboxylic acids is 1. The first kappa shape index (κ1) is 12.9. The minimum absolute atomic E-state index is 0.0111. The third-order valence-corrected chi connectivity index (χ3v) is 3.86. The highest BCUT2D eigenvalue weighted by atomic mass is 35.5. The molecule has 2 aromatic rings. The number of nitrogens with one attached hydrogen (secondary N) is 1. The lowest BCUT2D eigenvalue weighted by Crippen LogP contribution is -2.09. The molecule has 0 radical (unpaired) electrons. The maximum Gasteiger partial charge on any atom is 0.339 e. The van der Waals surface area contributed by atoms with Crippen LogP contribution in [0.15, 0.2) is 30.6 Å². The standard InChI is InChI=1S/C12H11ClN2O2S/c1-7(10-2-3-11(13)18-10)15-9-4-5-14-6-8(9)12(16)17/h2-7H,1H3,(H,14,15)(H,16,17). The second-order valence-corrected chi connectivity index (χ2v) is 5.48. The molecule has 0 aromatic carbocycles. The SMILES string of the molecule is CC(Nc1ccncc1C(=O)O)c1ccc(Cl)s1. The maximum absolute atomic E-state index is 11.0. The minimum atomic E-state index is -0.998. The third kappa shape index (κ3) is 2.80. The van der Waals surface area contributed by atoms with Gasteiger partial charge in [-0.25, -0.2) is 4.79 Å². The van der Waals surface area contributed by atoms with Crippen molar-refractivity contribution in [3.63, 3.8) is 0 Å². The van der Waals surface area contributed by atoms with Gasteiger partial charge < -0.3 is 10.4 Å². The second-order valence-electron chi connectivity index (χ2n) is 3.73. The molecule has 0 saturated carbocycles. The van der Waals surface area contributed by atoms with Crippen LogP contribution < -0.4 is 5.32 Å². The number of anilines is 1. The van der Waals surface area contributed by atoms with E-state index in [9.17, 15) is 4.79 Å². The lowest BCUT2D eigenvalue weighted by atomic mass is 10.2. The Morgan fingerprint density at radius 1 is 1.50 bits per heavy atom. The van der Waals surface area contributed by atoms with Crippen LogP contribution in [0.5, 0.6) is 0 Å². The van der Waals surface area contributed by atoms with Gasteiger partial charge in [0.2, 0.25) is 0 Å². The first-order valence-corrected chi connectivity index (χ1v) is 6.46. The van der Waals surface area contributed by atoms with Crippen LogP contribution in [0, 0.1) is 0 Å². The van der Waals surface area contributed by atoms with E-state index in [-0.39, 0.29) is 11.6 Å². The molecule has 0 spiro atoms. The molecule has 18 heavy (non-hydrogen) atoms. The summed E-state index contributed by atoms with van der Waals surface area (Å²) < 4.78 is 0.715. The van der Waals surface area contributed by atoms with Crippen LogP contribution in [-0.2, 0) is 0 Å². The number of halogens is 1. The summed E-state index contributed by atoms with van der Waals surface area (Å²) in [6.07, 6.45) is 2.89. The van der Waals surface area contributed by atoms with Crippen molar-refractivity contribution in [2.75, 3.05) is 5.32 Å². The molecular weight excluding hydrogens is 272 g/mol. The molecule has 0 saturated heterocycles. The van der Waals surface area contributed by atoms with Gasteiger partial charge >= 0.3 is 5.97 Å². The molecule has 4 nitrogen and oxygen atoms in total. The van der Waals surface area contributed by atoms with E-state index in [1.165, 1.54) is 17.5 Å². The van der Waals surface area contributed by atoms with Crippen molar-refractivity contribution in [1.29, 1.82) is 0 Å². The number of aromatic nitrogens is 1. The Bertz CT molecular complexity index is 571. The van der Waals surface area contributed by atoms with Crippen molar-refractivity contribution >= 4 is 34.6 Å². The van der Waals surface area contributed by atoms with Crippen LogP contribution in [0.1, 0.15) is 28.2 Å². The Balaban J connectivity index is 2.21. The van der Waals surface area contributed by atoms with Crippen molar-refractivity contribution < 1.29 is 9.90 Å². The molecule has 94 valence electrons. The number of hydrogen-bond donors (Lipinski definition) is 2. The van der Waals surface area contributed by atoms with Crippen LogP contribution in [0.25, 0.3) is 0 Å². The van der Waals surface area contributed by atoms with Gasteiger partial charge in [0, 0.05) is 17.3 Å². The van der Waals surface area contributed by atoms with Crippen molar-refractivity contribution in [2.45, 2.75) is 13.0 Å². The van der Waals surface area contributed by atoms with Gasteiger partial charge in [0.25, 0.3) is 0 Å². The van der Waals surface area contributed by atoms with E-state index in [1.54, 1.807) is 12.3 Å². The molecule has 0 aliphatic heterocycles. The number of thiophene rings is 1. The predicted octanol–water partition coefficient (Wildman–Crippen LogP) is 3.67. The fourth-order valence-corrected chi connectivity index (χ4v) is 2.62. The second kappa shape index (κ2) is 5.37. The summed E-state index contributed by atoms with van der Waals surface area (Å²) in [5.74, 6) is -0.998. The number of pyridine rings is 1. The van der Waals surface area contributed by atoms with Gasteiger partial charge in [-0.15, -0.1) is 11.3 Å². The minimum Gasteiger partial charge on any atom is -0.478 e. The van der Waals surface area contributed by atoms with E-state index < -0.39 is 5.97 Å². The van der Waals surface area contributed by atoms with Crippen LogP contribution >= 0.6 is 22.9 Å². The number of carbonyl (C=O) groups is 1. The van der Waals surface area contributed by atoms with Crippen LogP contribution in [0.4, 0.5) is 5.69 Å². The molecule has 0 amide bonds. The zero-order valence-electron chi connectivity index (χ0n) is 9.55. The Labute approximate surface area is 113 Å². The summed E-state index contributed by atoms with van der Waals surface area (Å²) in [4.78, 5) is 15.9. The van der Waals surface area contributed by atoms with Crippen LogP contribution in [0.3, 0.4) is 0 Å². The zero-order valence-corrected chi connectivity index (χ0v) is 11.1. The molecule has 2 aromatic heterocycles. The molecule has 0 fully saturated rings. The molecule has 0 aliphatic carbocycles. The molecule has 0 bridgehead atoms. The fraction of sp³-hybridized carbons (Fsp3) is 0.167. The fourth-order valence-electron chi connectivity index (χ4n) is 1.56. The number of carboxylic acid groups (broad SMARTS) is 1. The summed E-state index contributed by atoms with van der Waals surface area (Å²) in [5.41, 5.74) is 0.710. The van der Waals surface area contributed by atoms with Crippen LogP contribution in [-0.4, -0.2) is 16.1 Å². The van der Waals surface area contributed by atoms with E-state index >= 15 is 0 Å². The van der Waals surface area contributed by atoms with E-state index in [1.807, 2.05) is 19.1 Å². The van der Waals surface area contributed by atoms with Gasteiger partial charge in [-0.1, -0.05) is 11.6 Å². The smallest absolute Gasteiger partial charge is 0.339 e. The number of carboxylic acids is 1. The van der Waals surface area contributed by atoms with Gasteiger partial charge in [0.15, 0.2) is 0 Å². The number of rotatable bonds is 4. The Kier molecular flexibility index (Phi) is 3.84. The summed E-state index contributed by atoms with van der Waals surface area (Å²) in [6.45, 7) is 1.95. The van der Waals surface area contributed by atoms with Crippen LogP contribution in [0.2, 0.25) is 4.34 Å². The highest BCUT2D eigenvalue weighted by Crippen LogP contribution is 2.29. The Morgan fingerprint density at radius 2 is 2.28 bits per heavy atom. The third-order valence-electron chi connectivity index (χ3n) is 2.44. The molecule has 2 N–H and O–H groups in total. The summed E-state index contributed by atoms with van der Waals surface area (Å²) in [6, 6.07) is 5.38.